The van der Waals surface area contributed by atoms with Gasteiger partial charge in [-0.15, -0.1) is 0 Å². The number of hydroxylamine groups is 1. The number of halogens is 1. The molecule has 0 saturated carbocycles. The van der Waals surface area contributed by atoms with E-state index in [4.69, 9.17) is 5.21 Å². The molecule has 0 fully saturated rings. The number of rotatable bonds is 7. The van der Waals surface area contributed by atoms with E-state index >= 15 is 0 Å². The van der Waals surface area contributed by atoms with Gasteiger partial charge in [-0.1, -0.05) is 6.07 Å². The molecule has 3 aromatic heterocycles. The average Bonchev–Trinajstić information content (AvgIpc) is 2.88. The van der Waals surface area contributed by atoms with E-state index in [1.54, 1.807) is 41.6 Å². The first-order valence-electron chi connectivity index (χ1n) is 10.4. The highest BCUT2D eigenvalue weighted by molar-refractivity contribution is 5.93. The molecule has 35 heavy (non-hydrogen) atoms. The number of carbonyl (C=O) groups excluding carboxylic acids is 2. The minimum Gasteiger partial charge on any atom is -0.311 e. The Hall–Kier alpha value is -4.77. The van der Waals surface area contributed by atoms with Crippen LogP contribution in [0.5, 0.6) is 0 Å². The summed E-state index contributed by atoms with van der Waals surface area (Å²) in [4.78, 5) is 41.7. The third-order valence-electron chi connectivity index (χ3n) is 4.99. The largest absolute Gasteiger partial charge is 0.311 e. The number of amides is 2. The van der Waals surface area contributed by atoms with Gasteiger partial charge >= 0.3 is 0 Å². The Balaban J connectivity index is 1.71. The highest BCUT2D eigenvalue weighted by Gasteiger charge is 2.18. The molecule has 4 rings (SSSR count). The van der Waals surface area contributed by atoms with Gasteiger partial charge in [-0.3, -0.25) is 19.8 Å². The molecule has 0 atom stereocenters. The lowest BCUT2D eigenvalue weighted by Gasteiger charge is -2.23. The van der Waals surface area contributed by atoms with Gasteiger partial charge in [0.15, 0.2) is 5.82 Å². The van der Waals surface area contributed by atoms with Crippen LogP contribution in [-0.4, -0.2) is 37.0 Å². The summed E-state index contributed by atoms with van der Waals surface area (Å²) in [6, 6.07) is 11.0. The first-order valence-corrected chi connectivity index (χ1v) is 10.4. The molecule has 2 amide bonds. The van der Waals surface area contributed by atoms with Gasteiger partial charge in [0.2, 0.25) is 5.91 Å². The average molecular weight is 473 g/mol. The van der Waals surface area contributed by atoms with E-state index in [0.717, 1.165) is 17.2 Å². The number of hydrogen-bond acceptors (Lipinski definition) is 8. The minimum atomic E-state index is -0.813. The van der Waals surface area contributed by atoms with E-state index in [2.05, 4.69) is 25.3 Å². The normalized spacial score (nSPS) is 10.5. The van der Waals surface area contributed by atoms with Crippen LogP contribution >= 0.6 is 0 Å². The molecule has 176 valence electrons. The molecule has 10 nitrogen and oxygen atoms in total. The second kappa shape index (κ2) is 10.4. The van der Waals surface area contributed by atoms with Gasteiger partial charge in [0.1, 0.15) is 17.5 Å². The summed E-state index contributed by atoms with van der Waals surface area (Å²) in [5, 5.41) is 11.4. The lowest BCUT2D eigenvalue weighted by Crippen LogP contribution is -2.21. The molecule has 0 saturated heterocycles. The minimum absolute atomic E-state index is 0.0208. The highest BCUT2D eigenvalue weighted by atomic mass is 19.1. The van der Waals surface area contributed by atoms with Gasteiger partial charge in [0.05, 0.1) is 12.7 Å². The number of aromatic nitrogens is 4. The fourth-order valence-corrected chi connectivity index (χ4v) is 3.37. The lowest BCUT2D eigenvalue weighted by molar-refractivity contribution is -0.114. The maximum atomic E-state index is 14.8. The number of hydrogen-bond donors (Lipinski definition) is 3. The van der Waals surface area contributed by atoms with E-state index in [-0.39, 0.29) is 23.6 Å². The number of benzene rings is 1. The summed E-state index contributed by atoms with van der Waals surface area (Å²) in [7, 11) is 0. The molecule has 0 aliphatic carbocycles. The van der Waals surface area contributed by atoms with Crippen LogP contribution in [0.3, 0.4) is 0 Å². The summed E-state index contributed by atoms with van der Waals surface area (Å²) >= 11 is 0. The first kappa shape index (κ1) is 23.4. The van der Waals surface area contributed by atoms with Gasteiger partial charge in [-0.05, 0) is 47.5 Å². The topological polar surface area (TPSA) is 133 Å². The predicted octanol–water partition coefficient (Wildman–Crippen LogP) is 3.49. The van der Waals surface area contributed by atoms with Crippen molar-refractivity contribution in [2.45, 2.75) is 13.5 Å². The Morgan fingerprint density at radius 3 is 2.37 bits per heavy atom. The van der Waals surface area contributed by atoms with E-state index in [1.807, 2.05) is 0 Å². The van der Waals surface area contributed by atoms with Crippen LogP contribution < -0.4 is 15.7 Å². The maximum absolute atomic E-state index is 14.8. The zero-order chi connectivity index (χ0) is 24.8. The van der Waals surface area contributed by atoms with Crippen LogP contribution in [0.25, 0.3) is 11.1 Å². The standard InChI is InChI=1S/C24H20FN7O3/c1-15(33)30-21-11-16(4-6-27-21)17-5-7-28-22(12-17)32(23-13-26-8-9-29-23)14-19-3-2-18(10-20(19)25)24(34)31-35/h2-13,35H,14H2,1H3,(H,31,34)(H,27,30,33). The molecule has 0 unspecified atom stereocenters. The predicted molar refractivity (Wildman–Crippen MR) is 125 cm³/mol. The third-order valence-corrected chi connectivity index (χ3v) is 4.99. The Bertz CT molecular complexity index is 1370. The number of nitrogens with one attached hydrogen (secondary N) is 2. The van der Waals surface area contributed by atoms with Gasteiger partial charge in [-0.25, -0.2) is 24.8 Å². The monoisotopic (exact) mass is 473 g/mol. The van der Waals surface area contributed by atoms with Crippen molar-refractivity contribution in [3.05, 3.63) is 90.4 Å². The molecule has 0 aliphatic heterocycles. The van der Waals surface area contributed by atoms with Crippen molar-refractivity contribution in [1.29, 1.82) is 0 Å². The molecule has 1 aromatic carbocycles. The Morgan fingerprint density at radius 2 is 1.69 bits per heavy atom. The summed E-state index contributed by atoms with van der Waals surface area (Å²) in [5.74, 6) is -0.367. The molecule has 0 radical (unpaired) electrons. The lowest BCUT2D eigenvalue weighted by atomic mass is 10.1. The number of carbonyl (C=O) groups is 2. The van der Waals surface area contributed by atoms with Crippen molar-refractivity contribution in [2.75, 3.05) is 10.2 Å². The fourth-order valence-electron chi connectivity index (χ4n) is 3.37. The van der Waals surface area contributed by atoms with Crippen LogP contribution in [0.1, 0.15) is 22.8 Å². The van der Waals surface area contributed by atoms with E-state index < -0.39 is 11.7 Å². The van der Waals surface area contributed by atoms with Crippen molar-refractivity contribution in [3.8, 4) is 11.1 Å². The first-order chi connectivity index (χ1) is 16.9. The zero-order valence-corrected chi connectivity index (χ0v) is 18.5. The molecule has 3 N–H and O–H groups in total. The van der Waals surface area contributed by atoms with Crippen molar-refractivity contribution in [1.82, 2.24) is 25.4 Å². The fraction of sp³-hybridized carbons (Fsp3) is 0.0833. The van der Waals surface area contributed by atoms with Crippen LogP contribution in [0.15, 0.2) is 73.4 Å². The summed E-state index contributed by atoms with van der Waals surface area (Å²) in [6.07, 6.45) is 7.76. The van der Waals surface area contributed by atoms with Crippen LogP contribution in [0, 0.1) is 5.82 Å². The number of pyridine rings is 2. The second-order valence-electron chi connectivity index (χ2n) is 7.41. The molecule has 0 spiro atoms. The van der Waals surface area contributed by atoms with E-state index in [9.17, 15) is 14.0 Å². The molecule has 11 heteroatoms. The third kappa shape index (κ3) is 5.60. The van der Waals surface area contributed by atoms with Crippen LogP contribution in [0.2, 0.25) is 0 Å². The highest BCUT2D eigenvalue weighted by Crippen LogP contribution is 2.29. The quantitative estimate of drug-likeness (QED) is 0.274. The van der Waals surface area contributed by atoms with E-state index in [0.29, 0.717) is 17.5 Å². The van der Waals surface area contributed by atoms with Crippen LogP contribution in [-0.2, 0) is 11.3 Å². The van der Waals surface area contributed by atoms with E-state index in [1.165, 1.54) is 43.1 Å². The Morgan fingerprint density at radius 1 is 0.943 bits per heavy atom. The molecule has 4 aromatic rings. The zero-order valence-electron chi connectivity index (χ0n) is 18.5. The SMILES string of the molecule is CC(=O)Nc1cc(-c2ccnc(N(Cc3ccc(C(=O)NO)cc3F)c3cnccn3)c2)ccn1. The van der Waals surface area contributed by atoms with Gasteiger partial charge in [0.25, 0.3) is 5.91 Å². The summed E-state index contributed by atoms with van der Waals surface area (Å²) in [6.45, 7) is 1.44. The van der Waals surface area contributed by atoms with Crippen molar-refractivity contribution >= 4 is 29.3 Å². The Kier molecular flexibility index (Phi) is 6.98. The smallest absolute Gasteiger partial charge is 0.274 e. The van der Waals surface area contributed by atoms with Gasteiger partial charge < -0.3 is 10.2 Å². The van der Waals surface area contributed by atoms with Crippen molar-refractivity contribution in [3.63, 3.8) is 0 Å². The van der Waals surface area contributed by atoms with Gasteiger partial charge in [-0.2, -0.15) is 0 Å². The maximum Gasteiger partial charge on any atom is 0.274 e. The van der Waals surface area contributed by atoms with Crippen molar-refractivity contribution < 1.29 is 19.2 Å². The summed E-state index contributed by atoms with van der Waals surface area (Å²) < 4.78 is 14.8. The molecular formula is C24H20FN7O3. The Labute approximate surface area is 199 Å². The molecule has 0 aliphatic rings. The summed E-state index contributed by atoms with van der Waals surface area (Å²) in [5.41, 5.74) is 3.31. The number of anilines is 3. The number of nitrogens with zero attached hydrogens (tertiary/aromatic N) is 5. The molecular weight excluding hydrogens is 453 g/mol. The van der Waals surface area contributed by atoms with Crippen LogP contribution in [0.4, 0.5) is 21.8 Å². The van der Waals surface area contributed by atoms with Gasteiger partial charge in [0, 0.05) is 42.8 Å². The van der Waals surface area contributed by atoms with Crippen molar-refractivity contribution in [2.24, 2.45) is 0 Å². The molecule has 3 heterocycles. The molecule has 0 bridgehead atoms. The second-order valence-corrected chi connectivity index (χ2v) is 7.41.